The number of likely N-dealkylation sites (tertiary alicyclic amines) is 1. The van der Waals surface area contributed by atoms with Crippen molar-refractivity contribution >= 4 is 16.9 Å². The first-order valence-corrected chi connectivity index (χ1v) is 8.48. The fourth-order valence-electron chi connectivity index (χ4n) is 3.77. The van der Waals surface area contributed by atoms with Crippen LogP contribution < -0.4 is 0 Å². The van der Waals surface area contributed by atoms with Gasteiger partial charge in [0.1, 0.15) is 5.65 Å². The lowest BCUT2D eigenvalue weighted by molar-refractivity contribution is -0.131. The minimum atomic E-state index is 0.200. The van der Waals surface area contributed by atoms with Crippen molar-refractivity contribution in [1.82, 2.24) is 14.9 Å². The Morgan fingerprint density at radius 1 is 1.25 bits per heavy atom. The van der Waals surface area contributed by atoms with Crippen molar-refractivity contribution in [3.05, 3.63) is 66.0 Å². The van der Waals surface area contributed by atoms with Crippen LogP contribution >= 0.6 is 0 Å². The van der Waals surface area contributed by atoms with Gasteiger partial charge in [-0.2, -0.15) is 0 Å². The largest absolute Gasteiger partial charge is 0.346 e. The Bertz CT molecular complexity index is 855. The van der Waals surface area contributed by atoms with Gasteiger partial charge in [0, 0.05) is 36.3 Å². The molecular formula is C20H21N3O. The van der Waals surface area contributed by atoms with Crippen molar-refractivity contribution in [2.24, 2.45) is 0 Å². The van der Waals surface area contributed by atoms with Crippen LogP contribution in [0.15, 0.2) is 54.9 Å². The summed E-state index contributed by atoms with van der Waals surface area (Å²) in [5, 5.41) is 1.04. The molecule has 1 N–H and O–H groups in total. The maximum atomic E-state index is 12.8. The van der Waals surface area contributed by atoms with Crippen LogP contribution in [-0.2, 0) is 11.2 Å². The van der Waals surface area contributed by atoms with E-state index < -0.39 is 0 Å². The second kappa shape index (κ2) is 6.11. The van der Waals surface area contributed by atoms with Crippen molar-refractivity contribution in [2.45, 2.75) is 31.7 Å². The van der Waals surface area contributed by atoms with Crippen LogP contribution in [0.3, 0.4) is 0 Å². The Morgan fingerprint density at radius 2 is 2.08 bits per heavy atom. The molecule has 4 nitrogen and oxygen atoms in total. The first-order chi connectivity index (χ1) is 11.7. The number of pyridine rings is 1. The van der Waals surface area contributed by atoms with E-state index in [-0.39, 0.29) is 11.9 Å². The number of aromatic nitrogens is 2. The highest BCUT2D eigenvalue weighted by atomic mass is 16.2. The summed E-state index contributed by atoms with van der Waals surface area (Å²) in [6, 6.07) is 14.7. The SMILES string of the molecule is CC1CC(c2ccccc2)CN1C(=O)Cc1c[nH]c2ncccc12. The Hall–Kier alpha value is -2.62. The maximum Gasteiger partial charge on any atom is 0.227 e. The minimum absolute atomic E-state index is 0.200. The van der Waals surface area contributed by atoms with Gasteiger partial charge < -0.3 is 9.88 Å². The number of rotatable bonds is 3. The highest BCUT2D eigenvalue weighted by Crippen LogP contribution is 2.32. The summed E-state index contributed by atoms with van der Waals surface area (Å²) in [7, 11) is 0. The Labute approximate surface area is 141 Å². The first-order valence-electron chi connectivity index (χ1n) is 8.48. The number of carbonyl (C=O) groups excluding carboxylic acids is 1. The van der Waals surface area contributed by atoms with Crippen LogP contribution in [0.2, 0.25) is 0 Å². The van der Waals surface area contributed by atoms with Crippen molar-refractivity contribution in [3.8, 4) is 0 Å². The van der Waals surface area contributed by atoms with Gasteiger partial charge in [-0.3, -0.25) is 4.79 Å². The second-order valence-corrected chi connectivity index (χ2v) is 6.63. The van der Waals surface area contributed by atoms with Crippen LogP contribution in [0.1, 0.15) is 30.4 Å². The van der Waals surface area contributed by atoms with E-state index in [0.29, 0.717) is 12.3 Å². The lowest BCUT2D eigenvalue weighted by Crippen LogP contribution is -2.35. The number of nitrogens with zero attached hydrogens (tertiary/aromatic N) is 2. The van der Waals surface area contributed by atoms with Gasteiger partial charge in [-0.1, -0.05) is 30.3 Å². The molecule has 1 aromatic carbocycles. The number of H-pyrrole nitrogens is 1. The summed E-state index contributed by atoms with van der Waals surface area (Å²) >= 11 is 0. The van der Waals surface area contributed by atoms with Crippen LogP contribution in [0.5, 0.6) is 0 Å². The molecule has 1 fully saturated rings. The van der Waals surface area contributed by atoms with Crippen LogP contribution in [-0.4, -0.2) is 33.4 Å². The third-order valence-corrected chi connectivity index (χ3v) is 5.04. The standard InChI is InChI=1S/C20H21N3O/c1-14-10-17(15-6-3-2-4-7-15)13-23(14)19(24)11-16-12-22-20-18(16)8-5-9-21-20/h2-9,12,14,17H,10-11,13H2,1H3,(H,21,22). The third-order valence-electron chi connectivity index (χ3n) is 5.04. The summed E-state index contributed by atoms with van der Waals surface area (Å²) in [4.78, 5) is 22.3. The molecule has 1 amide bonds. The molecular weight excluding hydrogens is 298 g/mol. The van der Waals surface area contributed by atoms with Crippen LogP contribution in [0.4, 0.5) is 0 Å². The van der Waals surface area contributed by atoms with Gasteiger partial charge in [0.2, 0.25) is 5.91 Å². The normalized spacial score (nSPS) is 20.6. The van der Waals surface area contributed by atoms with E-state index in [1.54, 1.807) is 6.20 Å². The van der Waals surface area contributed by atoms with E-state index in [9.17, 15) is 4.79 Å². The topological polar surface area (TPSA) is 49.0 Å². The molecule has 0 bridgehead atoms. The van der Waals surface area contributed by atoms with E-state index in [4.69, 9.17) is 0 Å². The molecule has 2 aromatic heterocycles. The molecule has 0 radical (unpaired) electrons. The molecule has 2 atom stereocenters. The Morgan fingerprint density at radius 3 is 2.92 bits per heavy atom. The molecule has 122 valence electrons. The van der Waals surface area contributed by atoms with Crippen molar-refractivity contribution in [1.29, 1.82) is 0 Å². The number of hydrogen-bond donors (Lipinski definition) is 1. The zero-order valence-corrected chi connectivity index (χ0v) is 13.8. The smallest absolute Gasteiger partial charge is 0.227 e. The number of fused-ring (bicyclic) bond motifs is 1. The Balaban J connectivity index is 1.50. The van der Waals surface area contributed by atoms with Crippen molar-refractivity contribution in [2.75, 3.05) is 6.54 Å². The highest BCUT2D eigenvalue weighted by Gasteiger charge is 2.33. The van der Waals surface area contributed by atoms with E-state index in [2.05, 4.69) is 41.2 Å². The molecule has 1 aliphatic rings. The molecule has 1 aliphatic heterocycles. The summed E-state index contributed by atoms with van der Waals surface area (Å²) in [6.45, 7) is 2.96. The fourth-order valence-corrected chi connectivity index (χ4v) is 3.77. The first kappa shape index (κ1) is 14.9. The summed E-state index contributed by atoms with van der Waals surface area (Å²) in [6.07, 6.45) is 5.13. The van der Waals surface area contributed by atoms with Crippen LogP contribution in [0, 0.1) is 0 Å². The van der Waals surface area contributed by atoms with Gasteiger partial charge in [-0.25, -0.2) is 4.98 Å². The third kappa shape index (κ3) is 2.68. The summed E-state index contributed by atoms with van der Waals surface area (Å²) < 4.78 is 0. The quantitative estimate of drug-likeness (QED) is 0.803. The molecule has 1 saturated heterocycles. The lowest BCUT2D eigenvalue weighted by Gasteiger charge is -2.21. The molecule has 24 heavy (non-hydrogen) atoms. The van der Waals surface area contributed by atoms with Gasteiger partial charge in [0.05, 0.1) is 6.42 Å². The molecule has 4 heteroatoms. The van der Waals surface area contributed by atoms with Crippen molar-refractivity contribution < 1.29 is 4.79 Å². The van der Waals surface area contributed by atoms with Gasteiger partial charge in [-0.15, -0.1) is 0 Å². The zero-order chi connectivity index (χ0) is 16.5. The maximum absolute atomic E-state index is 12.8. The molecule has 0 aliphatic carbocycles. The second-order valence-electron chi connectivity index (χ2n) is 6.63. The summed E-state index contributed by atoms with van der Waals surface area (Å²) in [5.74, 6) is 0.639. The predicted molar refractivity (Wildman–Crippen MR) is 94.8 cm³/mol. The number of carbonyl (C=O) groups is 1. The molecule has 0 saturated carbocycles. The van der Waals surface area contributed by atoms with Gasteiger partial charge in [-0.05, 0) is 36.6 Å². The van der Waals surface area contributed by atoms with Crippen molar-refractivity contribution in [3.63, 3.8) is 0 Å². The fraction of sp³-hybridized carbons (Fsp3) is 0.300. The summed E-state index contributed by atoms with van der Waals surface area (Å²) in [5.41, 5.74) is 3.20. The minimum Gasteiger partial charge on any atom is -0.346 e. The van der Waals surface area contributed by atoms with Gasteiger partial charge >= 0.3 is 0 Å². The zero-order valence-electron chi connectivity index (χ0n) is 13.8. The lowest BCUT2D eigenvalue weighted by atomic mass is 9.97. The van der Waals surface area contributed by atoms with E-state index >= 15 is 0 Å². The molecule has 3 heterocycles. The van der Waals surface area contributed by atoms with E-state index in [0.717, 1.165) is 29.6 Å². The van der Waals surface area contributed by atoms with E-state index in [1.165, 1.54) is 5.56 Å². The highest BCUT2D eigenvalue weighted by molar-refractivity contribution is 5.87. The average molecular weight is 319 g/mol. The predicted octanol–water partition coefficient (Wildman–Crippen LogP) is 3.51. The number of hydrogen-bond acceptors (Lipinski definition) is 2. The van der Waals surface area contributed by atoms with Gasteiger partial charge in [0.25, 0.3) is 0 Å². The molecule has 0 spiro atoms. The number of benzene rings is 1. The monoisotopic (exact) mass is 319 g/mol. The Kier molecular flexibility index (Phi) is 3.81. The molecule has 3 aromatic rings. The molecule has 2 unspecified atom stereocenters. The number of aromatic amines is 1. The number of nitrogens with one attached hydrogen (secondary N) is 1. The van der Waals surface area contributed by atoms with Crippen LogP contribution in [0.25, 0.3) is 11.0 Å². The average Bonchev–Trinajstić information content (AvgIpc) is 3.20. The van der Waals surface area contributed by atoms with Gasteiger partial charge in [0.15, 0.2) is 0 Å². The van der Waals surface area contributed by atoms with E-state index in [1.807, 2.05) is 29.3 Å². The number of amides is 1. The molecule has 4 rings (SSSR count).